The number of nitrogens with one attached hydrogen (secondary N) is 2. The Morgan fingerprint density at radius 2 is 2.00 bits per heavy atom. The molecule has 0 radical (unpaired) electrons. The van der Waals surface area contributed by atoms with E-state index in [4.69, 9.17) is 14.1 Å². The van der Waals surface area contributed by atoms with Crippen LogP contribution in [0.25, 0.3) is 11.1 Å². The quantitative estimate of drug-likeness (QED) is 0.363. The zero-order valence-corrected chi connectivity index (χ0v) is 20.1. The molecule has 5 heterocycles. The number of furan rings is 1. The van der Waals surface area contributed by atoms with Gasteiger partial charge in [-0.25, -0.2) is 4.98 Å². The maximum Gasteiger partial charge on any atom is 0.254 e. The highest BCUT2D eigenvalue weighted by Gasteiger charge is 2.52. The van der Waals surface area contributed by atoms with E-state index in [2.05, 4.69) is 15.6 Å². The molecular weight excluding hydrogens is 476 g/mol. The van der Waals surface area contributed by atoms with Gasteiger partial charge < -0.3 is 29.4 Å². The van der Waals surface area contributed by atoms with Gasteiger partial charge in [0.1, 0.15) is 22.8 Å². The molecule has 0 saturated carbocycles. The molecule has 0 bridgehead atoms. The highest BCUT2D eigenvalue weighted by Crippen LogP contribution is 2.35. The van der Waals surface area contributed by atoms with Gasteiger partial charge in [0.15, 0.2) is 17.5 Å². The zero-order chi connectivity index (χ0) is 25.7. The molecule has 4 aromatic rings. The topological polar surface area (TPSA) is 133 Å². The second-order valence-electron chi connectivity index (χ2n) is 9.04. The van der Waals surface area contributed by atoms with Crippen LogP contribution < -0.4 is 20.3 Å². The van der Waals surface area contributed by atoms with E-state index in [9.17, 15) is 14.7 Å². The number of rotatable bonds is 6. The Balaban J connectivity index is 1.35. The summed E-state index contributed by atoms with van der Waals surface area (Å²) in [5, 5.41) is 15.6. The predicted octanol–water partition coefficient (Wildman–Crippen LogP) is 1.85. The minimum absolute atomic E-state index is 0.0602. The molecule has 1 fully saturated rings. The van der Waals surface area contributed by atoms with Crippen LogP contribution >= 0.6 is 0 Å². The summed E-state index contributed by atoms with van der Waals surface area (Å²) in [5.74, 6) is 0.748. The van der Waals surface area contributed by atoms with Crippen LogP contribution in [0.4, 0.5) is 11.5 Å². The van der Waals surface area contributed by atoms with E-state index < -0.39 is 17.8 Å². The van der Waals surface area contributed by atoms with Gasteiger partial charge in [-0.15, -0.1) is 0 Å². The number of hydrogen-bond acceptors (Lipinski definition) is 9. The first-order chi connectivity index (χ1) is 17.9. The normalized spacial score (nSPS) is 20.8. The number of pyridine rings is 2. The average Bonchev–Trinajstić information content (AvgIpc) is 3.57. The number of aliphatic hydroxyl groups excluding tert-OH is 1. The number of ether oxygens (including phenoxy) is 1. The molecular formula is C26H24N6O5. The summed E-state index contributed by atoms with van der Waals surface area (Å²) in [6.45, 7) is 0.250. The van der Waals surface area contributed by atoms with Crippen LogP contribution in [-0.4, -0.2) is 58.8 Å². The second-order valence-corrected chi connectivity index (χ2v) is 9.04. The molecule has 1 unspecified atom stereocenters. The smallest absolute Gasteiger partial charge is 0.254 e. The lowest BCUT2D eigenvalue weighted by Gasteiger charge is -2.29. The Hall–Kier alpha value is -4.48. The minimum atomic E-state index is -1.51. The van der Waals surface area contributed by atoms with Gasteiger partial charge >= 0.3 is 0 Å². The second kappa shape index (κ2) is 8.57. The molecule has 11 nitrogen and oxygen atoms in total. The predicted molar refractivity (Wildman–Crippen MR) is 133 cm³/mol. The molecule has 0 spiro atoms. The molecule has 3 aromatic heterocycles. The first-order valence-electron chi connectivity index (χ1n) is 11.7. The van der Waals surface area contributed by atoms with Crippen molar-refractivity contribution in [3.05, 3.63) is 77.8 Å². The molecule has 2 amide bonds. The highest BCUT2D eigenvalue weighted by molar-refractivity contribution is 6.00. The Morgan fingerprint density at radius 1 is 1.19 bits per heavy atom. The van der Waals surface area contributed by atoms with Gasteiger partial charge in [-0.3, -0.25) is 19.9 Å². The third kappa shape index (κ3) is 3.76. The lowest BCUT2D eigenvalue weighted by molar-refractivity contribution is -0.125. The van der Waals surface area contributed by atoms with E-state index >= 15 is 0 Å². The van der Waals surface area contributed by atoms with E-state index in [1.807, 2.05) is 36.2 Å². The number of anilines is 2. The van der Waals surface area contributed by atoms with Crippen molar-refractivity contribution in [2.24, 2.45) is 0 Å². The molecule has 188 valence electrons. The average molecular weight is 501 g/mol. The number of aromatic nitrogens is 2. The van der Waals surface area contributed by atoms with E-state index in [-0.39, 0.29) is 18.2 Å². The Labute approximate surface area is 211 Å². The Kier molecular flexibility index (Phi) is 5.32. The van der Waals surface area contributed by atoms with Crippen molar-refractivity contribution in [2.45, 2.75) is 18.4 Å². The van der Waals surface area contributed by atoms with Crippen LogP contribution in [0.1, 0.15) is 21.7 Å². The van der Waals surface area contributed by atoms with Crippen molar-refractivity contribution in [3.63, 3.8) is 0 Å². The molecule has 6 rings (SSSR count). The summed E-state index contributed by atoms with van der Waals surface area (Å²) in [5.41, 5.74) is 1.74. The monoisotopic (exact) mass is 500 g/mol. The lowest BCUT2D eigenvalue weighted by atomic mass is 9.95. The molecule has 1 aromatic carbocycles. The Bertz CT molecular complexity index is 1520. The molecule has 37 heavy (non-hydrogen) atoms. The highest BCUT2D eigenvalue weighted by atomic mass is 16.5. The van der Waals surface area contributed by atoms with Crippen LogP contribution in [0.2, 0.25) is 0 Å². The third-order valence-corrected chi connectivity index (χ3v) is 6.84. The molecule has 1 saturated heterocycles. The number of benzene rings is 1. The van der Waals surface area contributed by atoms with Gasteiger partial charge in [-0.1, -0.05) is 6.07 Å². The molecule has 3 N–H and O–H groups in total. The lowest BCUT2D eigenvalue weighted by Crippen LogP contribution is -2.53. The summed E-state index contributed by atoms with van der Waals surface area (Å²) in [6, 6.07) is 14.3. The molecule has 2 aliphatic rings. The van der Waals surface area contributed by atoms with Crippen LogP contribution in [0.5, 0.6) is 5.75 Å². The van der Waals surface area contributed by atoms with Crippen molar-refractivity contribution >= 4 is 34.4 Å². The van der Waals surface area contributed by atoms with E-state index in [1.54, 1.807) is 41.6 Å². The molecule has 11 heteroatoms. The van der Waals surface area contributed by atoms with E-state index in [1.165, 1.54) is 7.11 Å². The van der Waals surface area contributed by atoms with Crippen molar-refractivity contribution in [3.8, 4) is 5.75 Å². The number of amides is 2. The zero-order valence-electron chi connectivity index (χ0n) is 20.1. The number of aliphatic hydroxyl groups is 1. The number of hydrogen-bond donors (Lipinski definition) is 3. The third-order valence-electron chi connectivity index (χ3n) is 6.84. The van der Waals surface area contributed by atoms with Gasteiger partial charge in [0.05, 0.1) is 13.7 Å². The van der Waals surface area contributed by atoms with Gasteiger partial charge in [0.25, 0.3) is 11.8 Å². The summed E-state index contributed by atoms with van der Waals surface area (Å²) < 4.78 is 11.3. The standard InChI is InChI=1S/C26H24N6O5/c1-31(16-7-9-27-10-8-16)22-6-5-20-19(28-22)12-21(37-20)26(24(34)29-25(35)30-26)14-32-13-15-3-4-17(36-2)11-18(15)23(32)33/h3-12,25,30,35H,13-14H2,1-2H3,(H,29,34)/t25?,26-/m0/s1. The first kappa shape index (κ1) is 23.0. The fraction of sp³-hybridized carbons (Fsp3) is 0.231. The van der Waals surface area contributed by atoms with Gasteiger partial charge in [0, 0.05) is 43.3 Å². The summed E-state index contributed by atoms with van der Waals surface area (Å²) in [4.78, 5) is 38.7. The summed E-state index contributed by atoms with van der Waals surface area (Å²) >= 11 is 0. The van der Waals surface area contributed by atoms with Crippen LogP contribution in [-0.2, 0) is 16.9 Å². The summed E-state index contributed by atoms with van der Waals surface area (Å²) in [7, 11) is 3.43. The number of methoxy groups -OCH3 is 1. The van der Waals surface area contributed by atoms with Gasteiger partial charge in [-0.2, -0.15) is 0 Å². The van der Waals surface area contributed by atoms with Crippen molar-refractivity contribution in [1.29, 1.82) is 0 Å². The van der Waals surface area contributed by atoms with E-state index in [0.29, 0.717) is 34.8 Å². The SMILES string of the molecule is COc1ccc2c(c1)C(=O)N(C[C@@]1(c3cc4nc(N(C)c5ccncc5)ccc4o3)NC(O)NC1=O)C2. The Morgan fingerprint density at radius 3 is 2.73 bits per heavy atom. The maximum atomic E-state index is 13.2. The van der Waals surface area contributed by atoms with Crippen molar-refractivity contribution in [2.75, 3.05) is 25.6 Å². The maximum absolute atomic E-state index is 13.2. The number of carbonyl (C=O) groups excluding carboxylic acids is 2. The number of carbonyl (C=O) groups is 2. The first-order valence-corrected chi connectivity index (χ1v) is 11.7. The molecule has 0 aliphatic carbocycles. The fourth-order valence-electron chi connectivity index (χ4n) is 4.85. The molecule has 2 atom stereocenters. The fourth-order valence-corrected chi connectivity index (χ4v) is 4.85. The van der Waals surface area contributed by atoms with Crippen LogP contribution in [0.3, 0.4) is 0 Å². The van der Waals surface area contributed by atoms with Crippen molar-refractivity contribution in [1.82, 2.24) is 25.5 Å². The van der Waals surface area contributed by atoms with Gasteiger partial charge in [-0.05, 0) is 42.0 Å². The minimum Gasteiger partial charge on any atom is -0.497 e. The van der Waals surface area contributed by atoms with Crippen molar-refractivity contribution < 1.29 is 23.8 Å². The van der Waals surface area contributed by atoms with E-state index in [0.717, 1.165) is 11.3 Å². The number of fused-ring (bicyclic) bond motifs is 2. The van der Waals surface area contributed by atoms with Crippen LogP contribution in [0.15, 0.2) is 65.3 Å². The van der Waals surface area contributed by atoms with Gasteiger partial charge in [0.2, 0.25) is 0 Å². The number of nitrogens with zero attached hydrogens (tertiary/aromatic N) is 4. The van der Waals surface area contributed by atoms with Crippen LogP contribution in [0, 0.1) is 0 Å². The largest absolute Gasteiger partial charge is 0.497 e. The summed E-state index contributed by atoms with van der Waals surface area (Å²) in [6.07, 6.45) is 2.10. The molecule has 2 aliphatic heterocycles.